The summed E-state index contributed by atoms with van der Waals surface area (Å²) in [7, 11) is 0. The van der Waals surface area contributed by atoms with Gasteiger partial charge in [-0.15, -0.1) is 0 Å². The van der Waals surface area contributed by atoms with Gasteiger partial charge >= 0.3 is 5.97 Å². The molecule has 0 saturated carbocycles. The Morgan fingerprint density at radius 1 is 1.42 bits per heavy atom. The number of aromatic amines is 1. The van der Waals surface area contributed by atoms with Crippen molar-refractivity contribution < 1.29 is 14.7 Å². The third-order valence-corrected chi connectivity index (χ3v) is 2.79. The number of carboxylic acid groups (broad SMARTS) is 1. The van der Waals surface area contributed by atoms with Crippen LogP contribution < -0.4 is 5.32 Å². The second kappa shape index (κ2) is 5.51. The van der Waals surface area contributed by atoms with Crippen LogP contribution in [0.25, 0.3) is 10.9 Å². The highest BCUT2D eigenvalue weighted by Gasteiger charge is 2.12. The molecule has 0 bridgehead atoms. The van der Waals surface area contributed by atoms with E-state index in [4.69, 9.17) is 5.11 Å². The third kappa shape index (κ3) is 3.09. The number of carboxylic acids is 1. The normalized spacial score (nSPS) is 10.6. The molecule has 1 aromatic heterocycles. The van der Waals surface area contributed by atoms with E-state index in [-0.39, 0.29) is 12.3 Å². The number of aromatic nitrogens is 2. The quantitative estimate of drug-likeness (QED) is 0.710. The molecule has 0 aliphatic carbocycles. The van der Waals surface area contributed by atoms with Crippen LogP contribution in [-0.2, 0) is 4.79 Å². The summed E-state index contributed by atoms with van der Waals surface area (Å²) < 4.78 is 0. The van der Waals surface area contributed by atoms with E-state index in [1.165, 1.54) is 0 Å². The average molecular weight is 261 g/mol. The molecule has 0 radical (unpaired) electrons. The summed E-state index contributed by atoms with van der Waals surface area (Å²) in [5, 5.41) is 18.8. The summed E-state index contributed by atoms with van der Waals surface area (Å²) in [5.74, 6) is -1.08. The van der Waals surface area contributed by atoms with Gasteiger partial charge in [-0.2, -0.15) is 5.10 Å². The van der Waals surface area contributed by atoms with Crippen LogP contribution in [0.4, 0.5) is 0 Å². The maximum Gasteiger partial charge on any atom is 0.303 e. The summed E-state index contributed by atoms with van der Waals surface area (Å²) in [6, 6.07) is 3.73. The number of rotatable bonds is 5. The Balaban J connectivity index is 2.08. The number of benzene rings is 1. The van der Waals surface area contributed by atoms with Crippen LogP contribution in [0.2, 0.25) is 0 Å². The van der Waals surface area contributed by atoms with Crippen molar-refractivity contribution >= 4 is 22.8 Å². The number of hydrogen-bond acceptors (Lipinski definition) is 3. The first kappa shape index (κ1) is 13.1. The fourth-order valence-electron chi connectivity index (χ4n) is 1.92. The molecule has 2 aromatic rings. The Hall–Kier alpha value is -2.37. The largest absolute Gasteiger partial charge is 0.481 e. The molecule has 0 fully saturated rings. The minimum atomic E-state index is -0.860. The Morgan fingerprint density at radius 2 is 2.21 bits per heavy atom. The Bertz CT molecular complexity index is 619. The SMILES string of the molecule is Cc1cc(C(=O)NCCCC(=O)O)c2[nH]ncc2c1. The molecule has 19 heavy (non-hydrogen) atoms. The summed E-state index contributed by atoms with van der Waals surface area (Å²) in [6.07, 6.45) is 2.14. The fraction of sp³-hybridized carbons (Fsp3) is 0.308. The minimum Gasteiger partial charge on any atom is -0.481 e. The first-order valence-corrected chi connectivity index (χ1v) is 6.01. The third-order valence-electron chi connectivity index (χ3n) is 2.79. The molecule has 6 heteroatoms. The summed E-state index contributed by atoms with van der Waals surface area (Å²) >= 11 is 0. The van der Waals surface area contributed by atoms with E-state index in [0.717, 1.165) is 10.9 Å². The number of carbonyl (C=O) groups is 2. The van der Waals surface area contributed by atoms with Gasteiger partial charge in [0.05, 0.1) is 17.3 Å². The Morgan fingerprint density at radius 3 is 2.95 bits per heavy atom. The number of fused-ring (bicyclic) bond motifs is 1. The zero-order valence-corrected chi connectivity index (χ0v) is 10.6. The van der Waals surface area contributed by atoms with Gasteiger partial charge in [-0.3, -0.25) is 14.7 Å². The summed E-state index contributed by atoms with van der Waals surface area (Å²) in [5.41, 5.74) is 2.20. The van der Waals surface area contributed by atoms with Crippen LogP contribution in [0.15, 0.2) is 18.3 Å². The van der Waals surface area contributed by atoms with Gasteiger partial charge in [0.1, 0.15) is 0 Å². The van der Waals surface area contributed by atoms with Gasteiger partial charge in [0, 0.05) is 18.4 Å². The van der Waals surface area contributed by atoms with Crippen LogP contribution >= 0.6 is 0 Å². The van der Waals surface area contributed by atoms with E-state index < -0.39 is 5.97 Å². The number of nitrogens with one attached hydrogen (secondary N) is 2. The van der Waals surface area contributed by atoms with Crippen molar-refractivity contribution in [1.82, 2.24) is 15.5 Å². The molecular weight excluding hydrogens is 246 g/mol. The number of aryl methyl sites for hydroxylation is 1. The molecular formula is C13H15N3O3. The molecule has 1 amide bonds. The molecule has 1 aromatic carbocycles. The Labute approximate surface area is 109 Å². The van der Waals surface area contributed by atoms with Crippen LogP contribution in [0.1, 0.15) is 28.8 Å². The molecule has 3 N–H and O–H groups in total. The molecule has 0 aliphatic rings. The predicted octanol–water partition coefficient (Wildman–Crippen LogP) is 1.47. The zero-order chi connectivity index (χ0) is 13.8. The standard InChI is InChI=1S/C13H15N3O3/c1-8-5-9-7-15-16-12(9)10(6-8)13(19)14-4-2-3-11(17)18/h5-7H,2-4H2,1H3,(H,14,19)(H,15,16)(H,17,18). The van der Waals surface area contributed by atoms with E-state index in [1.807, 2.05) is 13.0 Å². The van der Waals surface area contributed by atoms with E-state index in [1.54, 1.807) is 12.3 Å². The van der Waals surface area contributed by atoms with E-state index in [0.29, 0.717) is 24.0 Å². The fourth-order valence-corrected chi connectivity index (χ4v) is 1.92. The number of hydrogen-bond donors (Lipinski definition) is 3. The van der Waals surface area contributed by atoms with Crippen LogP contribution in [-0.4, -0.2) is 33.7 Å². The van der Waals surface area contributed by atoms with Gasteiger partial charge in [0.2, 0.25) is 0 Å². The lowest BCUT2D eigenvalue weighted by Gasteiger charge is -2.06. The topological polar surface area (TPSA) is 95.1 Å². The van der Waals surface area contributed by atoms with Crippen LogP contribution in [0.5, 0.6) is 0 Å². The van der Waals surface area contributed by atoms with Crippen LogP contribution in [0.3, 0.4) is 0 Å². The number of aliphatic carboxylic acids is 1. The van der Waals surface area contributed by atoms with E-state index >= 15 is 0 Å². The molecule has 2 rings (SSSR count). The van der Waals surface area contributed by atoms with E-state index in [2.05, 4.69) is 15.5 Å². The van der Waals surface area contributed by atoms with Gasteiger partial charge in [0.15, 0.2) is 0 Å². The first-order valence-electron chi connectivity index (χ1n) is 6.01. The summed E-state index contributed by atoms with van der Waals surface area (Å²) in [6.45, 7) is 2.25. The lowest BCUT2D eigenvalue weighted by atomic mass is 10.1. The van der Waals surface area contributed by atoms with Crippen molar-refractivity contribution in [3.8, 4) is 0 Å². The Kier molecular flexibility index (Phi) is 3.79. The highest BCUT2D eigenvalue weighted by atomic mass is 16.4. The van der Waals surface area contributed by atoms with Crippen molar-refractivity contribution in [1.29, 1.82) is 0 Å². The monoisotopic (exact) mass is 261 g/mol. The van der Waals surface area contributed by atoms with Crippen molar-refractivity contribution in [2.24, 2.45) is 0 Å². The highest BCUT2D eigenvalue weighted by Crippen LogP contribution is 2.18. The smallest absolute Gasteiger partial charge is 0.303 e. The minimum absolute atomic E-state index is 0.0492. The van der Waals surface area contributed by atoms with Gasteiger partial charge in [-0.1, -0.05) is 0 Å². The second-order valence-corrected chi connectivity index (χ2v) is 4.40. The maximum absolute atomic E-state index is 12.0. The lowest BCUT2D eigenvalue weighted by molar-refractivity contribution is -0.137. The molecule has 0 spiro atoms. The van der Waals surface area contributed by atoms with Crippen molar-refractivity contribution in [3.05, 3.63) is 29.5 Å². The van der Waals surface area contributed by atoms with Crippen molar-refractivity contribution in [3.63, 3.8) is 0 Å². The first-order chi connectivity index (χ1) is 9.08. The van der Waals surface area contributed by atoms with Crippen LogP contribution in [0, 0.1) is 6.92 Å². The van der Waals surface area contributed by atoms with Gasteiger partial charge in [-0.05, 0) is 31.0 Å². The highest BCUT2D eigenvalue weighted by molar-refractivity contribution is 6.05. The lowest BCUT2D eigenvalue weighted by Crippen LogP contribution is -2.25. The summed E-state index contributed by atoms with van der Waals surface area (Å²) in [4.78, 5) is 22.4. The molecule has 0 atom stereocenters. The molecule has 0 saturated heterocycles. The number of nitrogens with zero attached hydrogens (tertiary/aromatic N) is 1. The number of amides is 1. The van der Waals surface area contributed by atoms with Gasteiger partial charge in [-0.25, -0.2) is 0 Å². The number of H-pyrrole nitrogens is 1. The van der Waals surface area contributed by atoms with Crippen molar-refractivity contribution in [2.45, 2.75) is 19.8 Å². The van der Waals surface area contributed by atoms with Crippen molar-refractivity contribution in [2.75, 3.05) is 6.54 Å². The van der Waals surface area contributed by atoms with Gasteiger partial charge in [0.25, 0.3) is 5.91 Å². The number of carbonyl (C=O) groups excluding carboxylic acids is 1. The molecule has 0 aliphatic heterocycles. The van der Waals surface area contributed by atoms with E-state index in [9.17, 15) is 9.59 Å². The molecule has 100 valence electrons. The molecule has 1 heterocycles. The second-order valence-electron chi connectivity index (χ2n) is 4.40. The zero-order valence-electron chi connectivity index (χ0n) is 10.6. The molecule has 0 unspecified atom stereocenters. The molecule has 6 nitrogen and oxygen atoms in total. The average Bonchev–Trinajstić information content (AvgIpc) is 2.80. The van der Waals surface area contributed by atoms with Gasteiger partial charge < -0.3 is 10.4 Å². The predicted molar refractivity (Wildman–Crippen MR) is 70.0 cm³/mol. The maximum atomic E-state index is 12.0.